The van der Waals surface area contributed by atoms with E-state index < -0.39 is 17.6 Å². The molecule has 0 fully saturated rings. The van der Waals surface area contributed by atoms with Crippen molar-refractivity contribution >= 4 is 5.65 Å². The van der Waals surface area contributed by atoms with Crippen LogP contribution in [0.4, 0.5) is 17.6 Å². The summed E-state index contributed by atoms with van der Waals surface area (Å²) in [5.74, 6) is 0. The van der Waals surface area contributed by atoms with Crippen LogP contribution in [-0.2, 0) is 12.7 Å². The maximum Gasteiger partial charge on any atom is 0.433 e. The van der Waals surface area contributed by atoms with Crippen LogP contribution < -0.4 is 11.4 Å². The molecule has 0 aliphatic carbocycles. The number of halogens is 4. The number of alkyl halides is 3. The van der Waals surface area contributed by atoms with Crippen molar-refractivity contribution in [1.82, 2.24) is 19.2 Å². The van der Waals surface area contributed by atoms with Gasteiger partial charge in [-0.25, -0.2) is 13.9 Å². The lowest BCUT2D eigenvalue weighted by atomic mass is 10.1. The first-order valence-corrected chi connectivity index (χ1v) is 7.44. The Bertz CT molecular complexity index is 1020. The van der Waals surface area contributed by atoms with Gasteiger partial charge < -0.3 is 5.73 Å². The number of nitrogens with zero attached hydrogens (tertiary/aromatic N) is 4. The van der Waals surface area contributed by atoms with Gasteiger partial charge in [0.15, 0.2) is 5.65 Å². The van der Waals surface area contributed by atoms with Gasteiger partial charge in [0, 0.05) is 24.5 Å². The molecule has 10 heteroatoms. The Morgan fingerprint density at radius 1 is 1.23 bits per heavy atom. The van der Waals surface area contributed by atoms with Gasteiger partial charge >= 0.3 is 11.9 Å². The van der Waals surface area contributed by atoms with E-state index in [0.717, 1.165) is 16.9 Å². The lowest BCUT2D eigenvalue weighted by Gasteiger charge is -2.06. The highest BCUT2D eigenvalue weighted by Gasteiger charge is 2.32. The number of rotatable bonds is 4. The third-order valence-electron chi connectivity index (χ3n) is 3.74. The molecule has 0 aliphatic rings. The Kier molecular flexibility index (Phi) is 4.60. The zero-order valence-electron chi connectivity index (χ0n) is 13.2. The summed E-state index contributed by atoms with van der Waals surface area (Å²) >= 11 is 0. The zero-order chi connectivity index (χ0) is 18.9. The number of hydrogen-bond acceptors (Lipinski definition) is 4. The smallest absolute Gasteiger partial charge is 0.327 e. The molecule has 0 saturated carbocycles. The summed E-state index contributed by atoms with van der Waals surface area (Å²) in [5.41, 5.74) is 5.34. The van der Waals surface area contributed by atoms with Crippen molar-refractivity contribution in [3.63, 3.8) is 0 Å². The molecule has 3 aromatic heterocycles. The van der Waals surface area contributed by atoms with Crippen LogP contribution >= 0.6 is 0 Å². The first-order valence-electron chi connectivity index (χ1n) is 7.44. The number of nitrogens with two attached hydrogens (primary N) is 1. The van der Waals surface area contributed by atoms with Crippen LogP contribution in [0.15, 0.2) is 53.4 Å². The fourth-order valence-electron chi connectivity index (χ4n) is 2.37. The van der Waals surface area contributed by atoms with E-state index in [1.807, 2.05) is 0 Å². The fourth-order valence-corrected chi connectivity index (χ4v) is 2.37. The van der Waals surface area contributed by atoms with Crippen LogP contribution in [0.5, 0.6) is 0 Å². The summed E-state index contributed by atoms with van der Waals surface area (Å²) in [6, 6.07) is 5.25. The van der Waals surface area contributed by atoms with E-state index in [4.69, 9.17) is 5.73 Å². The predicted octanol–water partition coefficient (Wildman–Crippen LogP) is 2.39. The number of aromatic nitrogens is 4. The van der Waals surface area contributed by atoms with E-state index in [1.54, 1.807) is 6.07 Å². The summed E-state index contributed by atoms with van der Waals surface area (Å²) in [7, 11) is 0. The second kappa shape index (κ2) is 6.71. The Hall–Kier alpha value is -3.01. The quantitative estimate of drug-likeness (QED) is 0.719. The highest BCUT2D eigenvalue weighted by Crippen LogP contribution is 2.29. The first-order chi connectivity index (χ1) is 12.3. The monoisotopic (exact) mass is 367 g/mol. The Morgan fingerprint density at radius 2 is 2.00 bits per heavy atom. The predicted molar refractivity (Wildman–Crippen MR) is 85.9 cm³/mol. The van der Waals surface area contributed by atoms with Gasteiger partial charge in [-0.05, 0) is 29.3 Å². The van der Waals surface area contributed by atoms with E-state index in [2.05, 4.69) is 10.1 Å². The molecule has 6 nitrogen and oxygen atoms in total. The van der Waals surface area contributed by atoms with Gasteiger partial charge in [0.25, 0.3) is 0 Å². The van der Waals surface area contributed by atoms with Gasteiger partial charge in [-0.2, -0.15) is 13.2 Å². The van der Waals surface area contributed by atoms with Crippen LogP contribution in [0.25, 0.3) is 16.8 Å². The lowest BCUT2D eigenvalue weighted by Crippen LogP contribution is -2.23. The van der Waals surface area contributed by atoms with Crippen molar-refractivity contribution in [3.8, 4) is 11.1 Å². The van der Waals surface area contributed by atoms with Crippen molar-refractivity contribution in [2.45, 2.75) is 12.7 Å². The third kappa shape index (κ3) is 3.36. The summed E-state index contributed by atoms with van der Waals surface area (Å²) in [6.07, 6.45) is -1.65. The topological polar surface area (TPSA) is 78.2 Å². The van der Waals surface area contributed by atoms with E-state index in [9.17, 15) is 22.4 Å². The molecule has 3 heterocycles. The number of pyridine rings is 2. The SMILES string of the molecule is NC/C(=C\F)Cn1nc2cc(-c3ccc(C(F)(F)F)nc3)ccn2c1=O. The summed E-state index contributed by atoms with van der Waals surface area (Å²) < 4.78 is 52.7. The molecule has 0 unspecified atom stereocenters. The second-order valence-corrected chi connectivity index (χ2v) is 5.49. The molecule has 3 aromatic rings. The molecule has 0 radical (unpaired) electrons. The van der Waals surface area contributed by atoms with E-state index >= 15 is 0 Å². The summed E-state index contributed by atoms with van der Waals surface area (Å²) in [5, 5.41) is 4.09. The Balaban J connectivity index is 1.98. The van der Waals surface area contributed by atoms with Crippen molar-refractivity contribution in [2.24, 2.45) is 5.73 Å². The lowest BCUT2D eigenvalue weighted by molar-refractivity contribution is -0.141. The van der Waals surface area contributed by atoms with Crippen LogP contribution in [-0.4, -0.2) is 25.7 Å². The highest BCUT2D eigenvalue weighted by atomic mass is 19.4. The molecule has 0 aliphatic heterocycles. The van der Waals surface area contributed by atoms with Crippen LogP contribution in [0.3, 0.4) is 0 Å². The fraction of sp³-hybridized carbons (Fsp3) is 0.188. The largest absolute Gasteiger partial charge is 0.433 e. The van der Waals surface area contributed by atoms with Gasteiger partial charge in [-0.15, -0.1) is 5.10 Å². The normalized spacial score (nSPS) is 12.7. The van der Waals surface area contributed by atoms with E-state index in [0.29, 0.717) is 17.5 Å². The van der Waals surface area contributed by atoms with Gasteiger partial charge in [-0.1, -0.05) is 6.07 Å². The van der Waals surface area contributed by atoms with Crippen LogP contribution in [0.2, 0.25) is 0 Å². The van der Waals surface area contributed by atoms with E-state index in [1.165, 1.54) is 22.7 Å². The second-order valence-electron chi connectivity index (χ2n) is 5.49. The molecule has 3 rings (SSSR count). The third-order valence-corrected chi connectivity index (χ3v) is 3.74. The molecule has 0 saturated heterocycles. The van der Waals surface area contributed by atoms with Gasteiger partial charge in [0.05, 0.1) is 12.9 Å². The van der Waals surface area contributed by atoms with Crippen LogP contribution in [0.1, 0.15) is 5.69 Å². The minimum atomic E-state index is -4.51. The molecule has 0 aromatic carbocycles. The van der Waals surface area contributed by atoms with E-state index in [-0.39, 0.29) is 24.3 Å². The Morgan fingerprint density at radius 3 is 2.58 bits per heavy atom. The zero-order valence-corrected chi connectivity index (χ0v) is 13.2. The minimum absolute atomic E-state index is 0.0563. The van der Waals surface area contributed by atoms with Crippen molar-refractivity contribution in [1.29, 1.82) is 0 Å². The van der Waals surface area contributed by atoms with Crippen molar-refractivity contribution < 1.29 is 17.6 Å². The van der Waals surface area contributed by atoms with Crippen molar-refractivity contribution in [3.05, 3.63) is 64.7 Å². The van der Waals surface area contributed by atoms with Gasteiger partial charge in [-0.3, -0.25) is 9.38 Å². The summed E-state index contributed by atoms with van der Waals surface area (Å²) in [4.78, 5) is 15.6. The van der Waals surface area contributed by atoms with Gasteiger partial charge in [0.2, 0.25) is 0 Å². The molecule has 136 valence electrons. The molecule has 0 amide bonds. The maximum atomic E-state index is 12.7. The molecule has 0 spiro atoms. The average Bonchev–Trinajstić information content (AvgIpc) is 2.94. The molecular formula is C16H13F4N5O. The van der Waals surface area contributed by atoms with Crippen molar-refractivity contribution in [2.75, 3.05) is 6.54 Å². The summed E-state index contributed by atoms with van der Waals surface area (Å²) in [6.45, 7) is -0.149. The molecule has 2 N–H and O–H groups in total. The molecule has 0 atom stereocenters. The standard InChI is InChI=1S/C16H13F4N5O/c17-6-10(7-21)9-25-15(26)24-4-3-11(5-14(24)23-25)12-1-2-13(22-8-12)16(18,19)20/h1-6,8H,7,9,21H2/b10-6+. The maximum absolute atomic E-state index is 12.7. The van der Waals surface area contributed by atoms with Gasteiger partial charge in [0.1, 0.15) is 5.69 Å². The molecule has 26 heavy (non-hydrogen) atoms. The Labute approximate surface area is 144 Å². The minimum Gasteiger partial charge on any atom is -0.327 e. The number of hydrogen-bond donors (Lipinski definition) is 1. The average molecular weight is 367 g/mol. The first kappa shape index (κ1) is 17.8. The molecular weight excluding hydrogens is 354 g/mol. The number of fused-ring (bicyclic) bond motifs is 1. The highest BCUT2D eigenvalue weighted by molar-refractivity contribution is 5.66. The molecule has 0 bridgehead atoms. The van der Waals surface area contributed by atoms with Crippen LogP contribution in [0, 0.1) is 0 Å².